The van der Waals surface area contributed by atoms with Crippen molar-refractivity contribution in [3.8, 4) is 5.75 Å². The fourth-order valence-electron chi connectivity index (χ4n) is 4.64. The molecule has 2 heterocycles. The highest BCUT2D eigenvalue weighted by atomic mass is 79.9. The van der Waals surface area contributed by atoms with E-state index in [4.69, 9.17) is 10.1 Å². The Morgan fingerprint density at radius 2 is 1.62 bits per heavy atom. The molecule has 6 heteroatoms. The number of nitrogens with zero attached hydrogens (tertiary/aromatic N) is 2. The topological polar surface area (TPSA) is 60.0 Å². The number of hydrogen-bond acceptors (Lipinski definition) is 3. The quantitative estimate of drug-likeness (QED) is 0.345. The van der Waals surface area contributed by atoms with Crippen molar-refractivity contribution < 1.29 is 9.53 Å². The van der Waals surface area contributed by atoms with Crippen molar-refractivity contribution in [2.75, 3.05) is 6.61 Å². The first-order valence-electron chi connectivity index (χ1n) is 11.4. The minimum atomic E-state index is -0.121. The molecule has 4 aromatic rings. The molecule has 0 aliphatic carbocycles. The molecule has 5 rings (SSSR count). The van der Waals surface area contributed by atoms with Crippen LogP contribution in [-0.4, -0.2) is 21.5 Å². The van der Waals surface area contributed by atoms with Crippen LogP contribution in [0.5, 0.6) is 5.75 Å². The molecule has 1 aromatic heterocycles. The number of hydrogen-bond donors (Lipinski definition) is 1. The van der Waals surface area contributed by atoms with E-state index in [-0.39, 0.29) is 34.7 Å². The van der Waals surface area contributed by atoms with Gasteiger partial charge in [-0.1, -0.05) is 63.2 Å². The smallest absolute Gasteiger partial charge is 0.203 e. The Balaban J connectivity index is 0.00000274. The van der Waals surface area contributed by atoms with Gasteiger partial charge >= 0.3 is 0 Å². The van der Waals surface area contributed by atoms with Crippen molar-refractivity contribution in [1.82, 2.24) is 9.13 Å². The summed E-state index contributed by atoms with van der Waals surface area (Å²) in [5.41, 5.74) is 6.05. The summed E-state index contributed by atoms with van der Waals surface area (Å²) in [4.78, 5) is 13.5. The third kappa shape index (κ3) is 4.34. The Morgan fingerprint density at radius 1 is 0.971 bits per heavy atom. The van der Waals surface area contributed by atoms with E-state index in [1.165, 1.54) is 0 Å². The van der Waals surface area contributed by atoms with E-state index in [0.717, 1.165) is 39.9 Å². The molecule has 0 unspecified atom stereocenters. The monoisotopic (exact) mass is 519 g/mol. The zero-order valence-electron chi connectivity index (χ0n) is 19.8. The van der Waals surface area contributed by atoms with Gasteiger partial charge in [0, 0.05) is 17.5 Å². The Hall–Kier alpha value is -3.12. The van der Waals surface area contributed by atoms with Crippen LogP contribution < -0.4 is 10.4 Å². The van der Waals surface area contributed by atoms with E-state index < -0.39 is 0 Å². The zero-order valence-corrected chi connectivity index (χ0v) is 21.5. The van der Waals surface area contributed by atoms with Gasteiger partial charge in [0.15, 0.2) is 5.78 Å². The number of Topliss-reactive ketones (excluding diaryl/α,β-unsaturated/α-hetero) is 1. The Labute approximate surface area is 210 Å². The van der Waals surface area contributed by atoms with Gasteiger partial charge in [0.1, 0.15) is 5.75 Å². The molecule has 1 N–H and O–H groups in total. The third-order valence-corrected chi connectivity index (χ3v) is 6.37. The summed E-state index contributed by atoms with van der Waals surface area (Å²) in [7, 11) is 0. The minimum Gasteiger partial charge on any atom is -0.493 e. The molecule has 176 valence electrons. The zero-order chi connectivity index (χ0) is 23.2. The van der Waals surface area contributed by atoms with Gasteiger partial charge in [0.25, 0.3) is 0 Å². The first-order chi connectivity index (χ1) is 15.8. The first kappa shape index (κ1) is 24.0. The van der Waals surface area contributed by atoms with Gasteiger partial charge in [0.2, 0.25) is 5.62 Å². The van der Waals surface area contributed by atoms with Crippen LogP contribution in [0.25, 0.3) is 11.0 Å². The van der Waals surface area contributed by atoms with Gasteiger partial charge < -0.3 is 13.9 Å². The molecule has 0 spiro atoms. The number of nitrogens with one attached hydrogen (secondary N) is 1. The highest BCUT2D eigenvalue weighted by Crippen LogP contribution is 2.38. The molecule has 34 heavy (non-hydrogen) atoms. The van der Waals surface area contributed by atoms with Gasteiger partial charge in [-0.25, -0.2) is 0 Å². The minimum absolute atomic E-state index is 0. The second-order valence-electron chi connectivity index (χ2n) is 9.75. The lowest BCUT2D eigenvalue weighted by Crippen LogP contribution is -2.28. The Bertz CT molecular complexity index is 1410. The summed E-state index contributed by atoms with van der Waals surface area (Å²) >= 11 is 0. The number of rotatable bonds is 5. The van der Waals surface area contributed by atoms with Crippen molar-refractivity contribution in [2.45, 2.75) is 45.7 Å². The van der Waals surface area contributed by atoms with Crippen molar-refractivity contribution in [2.24, 2.45) is 0 Å². The van der Waals surface area contributed by atoms with Gasteiger partial charge in [0.05, 0.1) is 30.7 Å². The van der Waals surface area contributed by atoms with Gasteiger partial charge in [-0.3, -0.25) is 10.2 Å². The molecular formula is C28H30BrN3O2. The summed E-state index contributed by atoms with van der Waals surface area (Å²) in [5.74, 6) is 0.948. The summed E-state index contributed by atoms with van der Waals surface area (Å²) in [6, 6.07) is 22.0. The predicted octanol–water partition coefficient (Wildman–Crippen LogP) is 5.66. The van der Waals surface area contributed by atoms with E-state index in [2.05, 4.69) is 32.9 Å². The molecule has 0 fully saturated rings. The van der Waals surface area contributed by atoms with Gasteiger partial charge in [-0.05, 0) is 40.8 Å². The first-order valence-corrected chi connectivity index (χ1v) is 11.4. The van der Waals surface area contributed by atoms with Crippen LogP contribution in [0, 0.1) is 5.41 Å². The molecule has 3 aromatic carbocycles. The van der Waals surface area contributed by atoms with Crippen LogP contribution >= 0.6 is 17.0 Å². The summed E-state index contributed by atoms with van der Waals surface area (Å²) in [5, 5.41) is 8.90. The number of halogens is 1. The number of para-hydroxylation sites is 2. The maximum absolute atomic E-state index is 13.5. The van der Waals surface area contributed by atoms with Crippen LogP contribution in [0.15, 0.2) is 66.7 Å². The van der Waals surface area contributed by atoms with E-state index in [1.807, 2.05) is 63.7 Å². The number of imidazole rings is 1. The molecule has 0 saturated heterocycles. The molecule has 0 bridgehead atoms. The van der Waals surface area contributed by atoms with Crippen molar-refractivity contribution in [1.29, 1.82) is 5.41 Å². The summed E-state index contributed by atoms with van der Waals surface area (Å²) < 4.78 is 9.68. The maximum atomic E-state index is 13.5. The number of aromatic nitrogens is 2. The van der Waals surface area contributed by atoms with Crippen molar-refractivity contribution >= 4 is 33.8 Å². The Morgan fingerprint density at radius 3 is 2.29 bits per heavy atom. The number of carbonyl (C=O) groups is 1. The largest absolute Gasteiger partial charge is 0.493 e. The molecule has 1 aliphatic heterocycles. The van der Waals surface area contributed by atoms with Crippen LogP contribution in [0.4, 0.5) is 0 Å². The third-order valence-electron chi connectivity index (χ3n) is 6.37. The van der Waals surface area contributed by atoms with Crippen molar-refractivity contribution in [3.63, 3.8) is 0 Å². The summed E-state index contributed by atoms with van der Waals surface area (Å²) in [6.07, 6.45) is 0.826. The number of ether oxygens (including phenoxy) is 1. The standard InChI is InChI=1S/C28H29N3O2.BrH/c1-28(2,3)22-16-21(15-20-13-14-33-26(20)22)25(32)18-31-24-12-8-7-11-23(24)30(27(31)29)17-19-9-5-4-6-10-19;/h4-12,15-16,29H,13-14,17-18H2,1-3H3;1H. The molecule has 1 aliphatic rings. The van der Waals surface area contributed by atoms with Crippen LogP contribution in [0.1, 0.15) is 47.8 Å². The molecule has 0 radical (unpaired) electrons. The fraction of sp³-hybridized carbons (Fsp3) is 0.286. The van der Waals surface area contributed by atoms with E-state index in [1.54, 1.807) is 0 Å². The van der Waals surface area contributed by atoms with E-state index in [0.29, 0.717) is 24.3 Å². The fourth-order valence-corrected chi connectivity index (χ4v) is 4.64. The maximum Gasteiger partial charge on any atom is 0.203 e. The van der Waals surface area contributed by atoms with Gasteiger partial charge in [-0.2, -0.15) is 0 Å². The lowest BCUT2D eigenvalue weighted by Gasteiger charge is -2.23. The van der Waals surface area contributed by atoms with Crippen LogP contribution in [-0.2, 0) is 24.9 Å². The molecular weight excluding hydrogens is 490 g/mol. The van der Waals surface area contributed by atoms with E-state index in [9.17, 15) is 4.79 Å². The SMILES string of the molecule is Br.CC(C)(C)c1cc(C(=O)Cn2c(=N)n(Cc3ccccc3)c3ccccc32)cc2c1OCC2. The van der Waals surface area contributed by atoms with Gasteiger partial charge in [-0.15, -0.1) is 17.0 Å². The molecule has 5 nitrogen and oxygen atoms in total. The van der Waals surface area contributed by atoms with Crippen molar-refractivity contribution in [3.05, 3.63) is 94.6 Å². The molecule has 0 saturated carbocycles. The number of ketones is 1. The van der Waals surface area contributed by atoms with Crippen LogP contribution in [0.3, 0.4) is 0 Å². The number of benzene rings is 3. The number of carbonyl (C=O) groups excluding carboxylic acids is 1. The lowest BCUT2D eigenvalue weighted by molar-refractivity contribution is 0.0971. The lowest BCUT2D eigenvalue weighted by atomic mass is 9.83. The van der Waals surface area contributed by atoms with E-state index >= 15 is 0 Å². The number of fused-ring (bicyclic) bond motifs is 2. The molecule has 0 atom stereocenters. The highest BCUT2D eigenvalue weighted by Gasteiger charge is 2.27. The normalized spacial score (nSPS) is 12.8. The second-order valence-corrected chi connectivity index (χ2v) is 9.75. The average molecular weight is 520 g/mol. The second kappa shape index (κ2) is 9.26. The highest BCUT2D eigenvalue weighted by molar-refractivity contribution is 8.93. The predicted molar refractivity (Wildman–Crippen MR) is 140 cm³/mol. The van der Waals surface area contributed by atoms with Crippen LogP contribution in [0.2, 0.25) is 0 Å². The molecule has 0 amide bonds. The summed E-state index contributed by atoms with van der Waals surface area (Å²) in [6.45, 7) is 7.82. The average Bonchev–Trinajstić information content (AvgIpc) is 3.37. The Kier molecular flexibility index (Phi) is 6.54.